The Kier molecular flexibility index (Phi) is 7.04. The molecule has 170 valence electrons. The van der Waals surface area contributed by atoms with Crippen molar-refractivity contribution in [3.8, 4) is 0 Å². The Bertz CT molecular complexity index is 1220. The molecule has 0 saturated carbocycles. The molecular weight excluding hydrogens is 428 g/mol. The average molecular weight is 453 g/mol. The van der Waals surface area contributed by atoms with Crippen LogP contribution in [-0.4, -0.2) is 26.6 Å². The van der Waals surface area contributed by atoms with Gasteiger partial charge in [-0.25, -0.2) is 5.43 Å². The smallest absolute Gasteiger partial charge is 0.250 e. The molecule has 9 heteroatoms. The van der Waals surface area contributed by atoms with Gasteiger partial charge in [0.05, 0.1) is 5.71 Å². The molecule has 0 aliphatic carbocycles. The maximum Gasteiger partial charge on any atom is 0.250 e. The minimum atomic E-state index is -0.116. The second kappa shape index (κ2) is 10.7. The van der Waals surface area contributed by atoms with E-state index in [-0.39, 0.29) is 11.9 Å². The zero-order valence-electron chi connectivity index (χ0n) is 18.8. The van der Waals surface area contributed by atoms with Gasteiger partial charge in [-0.05, 0) is 48.9 Å². The van der Waals surface area contributed by atoms with Crippen molar-refractivity contribution in [2.75, 3.05) is 21.4 Å². The van der Waals surface area contributed by atoms with Crippen LogP contribution in [0.2, 0.25) is 0 Å². The van der Waals surface area contributed by atoms with Crippen molar-refractivity contribution in [2.45, 2.75) is 13.8 Å². The highest BCUT2D eigenvalue weighted by atomic mass is 16.1. The Morgan fingerprint density at radius 1 is 0.647 bits per heavy atom. The Morgan fingerprint density at radius 2 is 1.15 bits per heavy atom. The van der Waals surface area contributed by atoms with Gasteiger partial charge in [-0.15, -0.1) is 0 Å². The lowest BCUT2D eigenvalue weighted by molar-refractivity contribution is -0.114. The summed E-state index contributed by atoms with van der Waals surface area (Å²) in [7, 11) is 0. The maximum absolute atomic E-state index is 11.2. The number of aromatic nitrogens is 3. The number of benzene rings is 3. The van der Waals surface area contributed by atoms with Gasteiger partial charge in [0.15, 0.2) is 0 Å². The lowest BCUT2D eigenvalue weighted by Gasteiger charge is -2.10. The van der Waals surface area contributed by atoms with E-state index in [1.165, 1.54) is 6.92 Å². The highest BCUT2D eigenvalue weighted by Crippen LogP contribution is 2.18. The van der Waals surface area contributed by atoms with Crippen LogP contribution < -0.4 is 21.4 Å². The first-order valence-corrected chi connectivity index (χ1v) is 10.6. The first-order chi connectivity index (χ1) is 16.5. The van der Waals surface area contributed by atoms with Crippen LogP contribution in [0, 0.1) is 0 Å². The van der Waals surface area contributed by atoms with Crippen LogP contribution in [0.3, 0.4) is 0 Å². The molecule has 9 nitrogen and oxygen atoms in total. The number of carbonyl (C=O) groups excluding carboxylic acids is 1. The number of anilines is 6. The van der Waals surface area contributed by atoms with Gasteiger partial charge in [-0.3, -0.25) is 4.79 Å². The number of carbonyl (C=O) groups is 1. The fourth-order valence-corrected chi connectivity index (χ4v) is 3.04. The molecule has 4 aromatic rings. The summed E-state index contributed by atoms with van der Waals surface area (Å²) in [5, 5.41) is 13.5. The number of nitrogens with one attached hydrogen (secondary N) is 4. The van der Waals surface area contributed by atoms with Gasteiger partial charge < -0.3 is 16.0 Å². The first kappa shape index (κ1) is 22.4. The molecule has 1 heterocycles. The molecule has 0 bridgehead atoms. The van der Waals surface area contributed by atoms with Crippen LogP contribution in [0.4, 0.5) is 34.9 Å². The predicted molar refractivity (Wildman–Crippen MR) is 136 cm³/mol. The molecular formula is C25H24N8O. The molecule has 0 unspecified atom stereocenters. The van der Waals surface area contributed by atoms with E-state index in [2.05, 4.69) is 41.4 Å². The molecule has 0 spiro atoms. The second-order valence-electron chi connectivity index (χ2n) is 7.36. The molecule has 0 fully saturated rings. The summed E-state index contributed by atoms with van der Waals surface area (Å²) in [5.74, 6) is 0.903. The average Bonchev–Trinajstić information content (AvgIpc) is 2.84. The molecule has 4 rings (SSSR count). The number of nitrogens with zero attached hydrogens (tertiary/aromatic N) is 4. The van der Waals surface area contributed by atoms with Gasteiger partial charge >= 0.3 is 0 Å². The molecule has 3 aromatic carbocycles. The minimum absolute atomic E-state index is 0.116. The number of para-hydroxylation sites is 2. The summed E-state index contributed by atoms with van der Waals surface area (Å²) < 4.78 is 0. The van der Waals surface area contributed by atoms with E-state index in [0.717, 1.165) is 28.3 Å². The quantitative estimate of drug-likeness (QED) is 0.216. The number of rotatable bonds is 8. The summed E-state index contributed by atoms with van der Waals surface area (Å²) >= 11 is 0. The molecule has 0 aliphatic rings. The van der Waals surface area contributed by atoms with Crippen LogP contribution in [0.25, 0.3) is 0 Å². The summed E-state index contributed by atoms with van der Waals surface area (Å²) in [4.78, 5) is 24.6. The third kappa shape index (κ3) is 6.36. The van der Waals surface area contributed by atoms with Crippen molar-refractivity contribution in [3.63, 3.8) is 0 Å². The number of amides is 1. The molecule has 4 N–H and O–H groups in total. The standard InChI is InChI=1S/C25H24N8O/c1-17(19-13-15-22(16-14-19)26-18(2)34)32-33-25-30-23(27-20-9-5-3-6-10-20)29-24(31-25)28-21-11-7-4-8-12-21/h3-16H,1-2H3,(H,26,34)(H3,27,28,29,30,31,33)/b32-17-. The zero-order valence-corrected chi connectivity index (χ0v) is 18.8. The Hall–Kier alpha value is -4.79. The van der Waals surface area contributed by atoms with Crippen molar-refractivity contribution in [1.82, 2.24) is 15.0 Å². The van der Waals surface area contributed by atoms with E-state index >= 15 is 0 Å². The van der Waals surface area contributed by atoms with Crippen molar-refractivity contribution < 1.29 is 4.79 Å². The molecule has 0 atom stereocenters. The number of hydrogen-bond acceptors (Lipinski definition) is 8. The number of hydrazone groups is 1. The van der Waals surface area contributed by atoms with Gasteiger partial charge in [-0.1, -0.05) is 48.5 Å². The summed E-state index contributed by atoms with van der Waals surface area (Å²) in [5.41, 5.74) is 6.96. The Balaban J connectivity index is 1.56. The highest BCUT2D eigenvalue weighted by Gasteiger charge is 2.08. The molecule has 0 aliphatic heterocycles. The fourth-order valence-electron chi connectivity index (χ4n) is 3.04. The lowest BCUT2D eigenvalue weighted by Crippen LogP contribution is -2.08. The van der Waals surface area contributed by atoms with E-state index in [1.807, 2.05) is 91.9 Å². The summed E-state index contributed by atoms with van der Waals surface area (Å²) in [6.07, 6.45) is 0. The molecule has 1 amide bonds. The van der Waals surface area contributed by atoms with E-state index in [9.17, 15) is 4.79 Å². The zero-order chi connectivity index (χ0) is 23.8. The monoisotopic (exact) mass is 452 g/mol. The normalized spacial score (nSPS) is 10.9. The van der Waals surface area contributed by atoms with Crippen LogP contribution in [0.5, 0.6) is 0 Å². The van der Waals surface area contributed by atoms with Crippen molar-refractivity contribution in [2.24, 2.45) is 5.10 Å². The van der Waals surface area contributed by atoms with Gasteiger partial charge in [0.1, 0.15) is 0 Å². The molecule has 0 radical (unpaired) electrons. The fraction of sp³-hybridized carbons (Fsp3) is 0.0800. The molecule has 34 heavy (non-hydrogen) atoms. The van der Waals surface area contributed by atoms with Crippen LogP contribution in [-0.2, 0) is 4.79 Å². The number of hydrogen-bond donors (Lipinski definition) is 4. The lowest BCUT2D eigenvalue weighted by atomic mass is 10.1. The predicted octanol–water partition coefficient (Wildman–Crippen LogP) is 5.15. The Labute approximate surface area is 197 Å². The van der Waals surface area contributed by atoms with E-state index in [4.69, 9.17) is 0 Å². The van der Waals surface area contributed by atoms with E-state index in [1.54, 1.807) is 0 Å². The van der Waals surface area contributed by atoms with Crippen molar-refractivity contribution >= 4 is 46.5 Å². The largest absolute Gasteiger partial charge is 0.326 e. The van der Waals surface area contributed by atoms with Gasteiger partial charge in [0.2, 0.25) is 23.8 Å². The second-order valence-corrected chi connectivity index (χ2v) is 7.36. The van der Waals surface area contributed by atoms with E-state index < -0.39 is 0 Å². The minimum Gasteiger partial charge on any atom is -0.326 e. The molecule has 1 aromatic heterocycles. The van der Waals surface area contributed by atoms with Crippen LogP contribution in [0.1, 0.15) is 19.4 Å². The topological polar surface area (TPSA) is 116 Å². The molecule has 0 saturated heterocycles. The van der Waals surface area contributed by atoms with Gasteiger partial charge in [0.25, 0.3) is 0 Å². The summed E-state index contributed by atoms with van der Waals surface area (Å²) in [6, 6.07) is 26.7. The van der Waals surface area contributed by atoms with Crippen molar-refractivity contribution in [3.05, 3.63) is 90.5 Å². The highest BCUT2D eigenvalue weighted by molar-refractivity contribution is 5.99. The third-order valence-corrected chi connectivity index (χ3v) is 4.64. The van der Waals surface area contributed by atoms with Crippen LogP contribution in [0.15, 0.2) is 90.0 Å². The SMILES string of the molecule is CC(=O)Nc1ccc(/C(C)=N\Nc2nc(Nc3ccccc3)nc(Nc3ccccc3)n2)cc1. The van der Waals surface area contributed by atoms with Crippen molar-refractivity contribution in [1.29, 1.82) is 0 Å². The Morgan fingerprint density at radius 3 is 1.65 bits per heavy atom. The van der Waals surface area contributed by atoms with E-state index in [0.29, 0.717) is 11.9 Å². The third-order valence-electron chi connectivity index (χ3n) is 4.64. The summed E-state index contributed by atoms with van der Waals surface area (Å²) in [6.45, 7) is 3.34. The first-order valence-electron chi connectivity index (χ1n) is 10.6. The van der Waals surface area contributed by atoms with Gasteiger partial charge in [-0.2, -0.15) is 20.1 Å². The maximum atomic E-state index is 11.2. The van der Waals surface area contributed by atoms with Crippen LogP contribution >= 0.6 is 0 Å². The van der Waals surface area contributed by atoms with Gasteiger partial charge in [0, 0.05) is 24.0 Å².